The summed E-state index contributed by atoms with van der Waals surface area (Å²) in [5.74, 6) is 0.797. The number of ether oxygens (including phenoxy) is 1. The summed E-state index contributed by atoms with van der Waals surface area (Å²) in [5.41, 5.74) is 2.18. The van der Waals surface area contributed by atoms with Crippen LogP contribution in [0.25, 0.3) is 0 Å². The van der Waals surface area contributed by atoms with Crippen LogP contribution in [0.2, 0.25) is 0 Å². The molecule has 0 bridgehead atoms. The predicted molar refractivity (Wildman–Crippen MR) is 116 cm³/mol. The summed E-state index contributed by atoms with van der Waals surface area (Å²) in [6.45, 7) is 0.573. The van der Waals surface area contributed by atoms with Crippen molar-refractivity contribution in [3.63, 3.8) is 0 Å². The van der Waals surface area contributed by atoms with Gasteiger partial charge < -0.3 is 19.9 Å². The van der Waals surface area contributed by atoms with Crippen molar-refractivity contribution in [2.75, 3.05) is 17.7 Å². The number of aromatic nitrogens is 2. The third-order valence-corrected chi connectivity index (χ3v) is 5.86. The fourth-order valence-electron chi connectivity index (χ4n) is 3.26. The molecule has 3 aromatic rings. The van der Waals surface area contributed by atoms with Crippen LogP contribution in [0.3, 0.4) is 0 Å². The first kappa shape index (κ1) is 20.0. The molecule has 1 unspecified atom stereocenters. The lowest BCUT2D eigenvalue weighted by Gasteiger charge is -2.26. The first-order valence-corrected chi connectivity index (χ1v) is 10.6. The molecule has 0 saturated heterocycles. The molecule has 1 atom stereocenters. The molecular formula is C22H22N4O3S. The molecule has 2 heterocycles. The standard InChI is InChI=1S/C22H22N4O3S/c1-26-12-11-23-22(26)30-14-20(27)24-16-8-6-15(7-9-16)21(28)25-18-10-13-29-19-5-3-2-4-17(18)19/h2-9,11-12,18H,10,13-14H2,1H3,(H,24,27)(H,25,28). The van der Waals surface area contributed by atoms with Gasteiger partial charge in [0.15, 0.2) is 5.16 Å². The summed E-state index contributed by atoms with van der Waals surface area (Å²) in [6, 6.07) is 14.6. The third-order valence-electron chi connectivity index (χ3n) is 4.80. The zero-order valence-corrected chi connectivity index (χ0v) is 17.3. The van der Waals surface area contributed by atoms with Crippen LogP contribution in [0.1, 0.15) is 28.4 Å². The molecule has 0 spiro atoms. The molecule has 154 valence electrons. The number of anilines is 1. The van der Waals surface area contributed by atoms with Crippen LogP contribution in [-0.4, -0.2) is 33.7 Å². The van der Waals surface area contributed by atoms with E-state index in [1.807, 2.05) is 42.1 Å². The monoisotopic (exact) mass is 422 g/mol. The molecule has 0 radical (unpaired) electrons. The summed E-state index contributed by atoms with van der Waals surface area (Å²) in [6.07, 6.45) is 4.26. The van der Waals surface area contributed by atoms with Crippen molar-refractivity contribution >= 4 is 29.3 Å². The number of carbonyl (C=O) groups excluding carboxylic acids is 2. The van der Waals surface area contributed by atoms with Crippen molar-refractivity contribution in [3.05, 3.63) is 72.1 Å². The zero-order valence-electron chi connectivity index (χ0n) is 16.5. The number of nitrogens with one attached hydrogen (secondary N) is 2. The average Bonchev–Trinajstić information content (AvgIpc) is 3.18. The molecule has 30 heavy (non-hydrogen) atoms. The minimum absolute atomic E-state index is 0.0787. The van der Waals surface area contributed by atoms with E-state index in [1.165, 1.54) is 11.8 Å². The van der Waals surface area contributed by atoms with Crippen LogP contribution in [0.4, 0.5) is 5.69 Å². The number of carbonyl (C=O) groups is 2. The Morgan fingerprint density at radius 2 is 2.00 bits per heavy atom. The van der Waals surface area contributed by atoms with Gasteiger partial charge in [0.2, 0.25) is 5.91 Å². The van der Waals surface area contributed by atoms with E-state index in [1.54, 1.807) is 30.5 Å². The number of aryl methyl sites for hydroxylation is 1. The van der Waals surface area contributed by atoms with Gasteiger partial charge in [-0.1, -0.05) is 30.0 Å². The second-order valence-corrected chi connectivity index (χ2v) is 7.88. The smallest absolute Gasteiger partial charge is 0.251 e. The van der Waals surface area contributed by atoms with E-state index in [2.05, 4.69) is 15.6 Å². The second kappa shape index (κ2) is 9.04. The van der Waals surface area contributed by atoms with Crippen LogP contribution in [0.15, 0.2) is 66.1 Å². The second-order valence-electron chi connectivity index (χ2n) is 6.94. The molecule has 0 fully saturated rings. The Kier molecular flexibility index (Phi) is 6.04. The van der Waals surface area contributed by atoms with Gasteiger partial charge in [0, 0.05) is 42.7 Å². The van der Waals surface area contributed by atoms with Crippen LogP contribution in [-0.2, 0) is 11.8 Å². The molecule has 1 aromatic heterocycles. The fourth-order valence-corrected chi connectivity index (χ4v) is 3.99. The van der Waals surface area contributed by atoms with E-state index in [0.29, 0.717) is 17.9 Å². The van der Waals surface area contributed by atoms with Crippen molar-refractivity contribution in [2.45, 2.75) is 17.6 Å². The fraction of sp³-hybridized carbons (Fsp3) is 0.227. The topological polar surface area (TPSA) is 85.2 Å². The number of para-hydroxylation sites is 1. The van der Waals surface area contributed by atoms with Crippen molar-refractivity contribution in [2.24, 2.45) is 7.05 Å². The number of rotatable bonds is 6. The van der Waals surface area contributed by atoms with Crippen LogP contribution >= 0.6 is 11.8 Å². The first-order chi connectivity index (χ1) is 14.6. The Hall–Kier alpha value is -3.26. The lowest BCUT2D eigenvalue weighted by Crippen LogP contribution is -2.32. The Balaban J connectivity index is 1.32. The van der Waals surface area contributed by atoms with Gasteiger partial charge in [0.05, 0.1) is 18.4 Å². The largest absolute Gasteiger partial charge is 0.493 e. The van der Waals surface area contributed by atoms with Gasteiger partial charge in [-0.15, -0.1) is 0 Å². The number of fused-ring (bicyclic) bond motifs is 1. The maximum absolute atomic E-state index is 12.7. The lowest BCUT2D eigenvalue weighted by molar-refractivity contribution is -0.113. The van der Waals surface area contributed by atoms with Crippen molar-refractivity contribution in [1.82, 2.24) is 14.9 Å². The van der Waals surface area contributed by atoms with Gasteiger partial charge in [0.25, 0.3) is 5.91 Å². The van der Waals surface area contributed by atoms with Crippen LogP contribution < -0.4 is 15.4 Å². The molecule has 4 rings (SSSR count). The van der Waals surface area contributed by atoms with Crippen LogP contribution in [0.5, 0.6) is 5.75 Å². The molecule has 1 aliphatic rings. The number of hydrogen-bond donors (Lipinski definition) is 2. The number of benzene rings is 2. The highest BCUT2D eigenvalue weighted by Crippen LogP contribution is 2.31. The minimum Gasteiger partial charge on any atom is -0.493 e. The molecule has 7 nitrogen and oxygen atoms in total. The normalized spacial score (nSPS) is 15.0. The summed E-state index contributed by atoms with van der Waals surface area (Å²) in [4.78, 5) is 29.0. The Bertz CT molecular complexity index is 1050. The van der Waals surface area contributed by atoms with Gasteiger partial charge in [-0.25, -0.2) is 4.98 Å². The van der Waals surface area contributed by atoms with Gasteiger partial charge >= 0.3 is 0 Å². The molecular weight excluding hydrogens is 400 g/mol. The number of thioether (sulfide) groups is 1. The van der Waals surface area contributed by atoms with Crippen molar-refractivity contribution < 1.29 is 14.3 Å². The van der Waals surface area contributed by atoms with Crippen molar-refractivity contribution in [3.8, 4) is 5.75 Å². The Morgan fingerprint density at radius 3 is 2.77 bits per heavy atom. The third kappa shape index (κ3) is 4.65. The van der Waals surface area contributed by atoms with Crippen molar-refractivity contribution in [1.29, 1.82) is 0 Å². The summed E-state index contributed by atoms with van der Waals surface area (Å²) in [7, 11) is 1.88. The maximum Gasteiger partial charge on any atom is 0.251 e. The van der Waals surface area contributed by atoms with Gasteiger partial charge in [-0.3, -0.25) is 9.59 Å². The maximum atomic E-state index is 12.7. The molecule has 2 N–H and O–H groups in total. The van der Waals surface area contributed by atoms with Crippen LogP contribution in [0, 0.1) is 0 Å². The highest BCUT2D eigenvalue weighted by atomic mass is 32.2. The van der Waals surface area contributed by atoms with E-state index in [9.17, 15) is 9.59 Å². The SMILES string of the molecule is Cn1ccnc1SCC(=O)Nc1ccc(C(=O)NC2CCOc3ccccc32)cc1. The molecule has 0 aliphatic carbocycles. The Morgan fingerprint density at radius 1 is 1.20 bits per heavy atom. The first-order valence-electron chi connectivity index (χ1n) is 9.63. The summed E-state index contributed by atoms with van der Waals surface area (Å²) < 4.78 is 7.51. The zero-order chi connectivity index (χ0) is 20.9. The van der Waals surface area contributed by atoms with E-state index >= 15 is 0 Å². The molecule has 0 saturated carbocycles. The average molecular weight is 423 g/mol. The Labute approximate surface area is 178 Å². The van der Waals surface area contributed by atoms with E-state index in [4.69, 9.17) is 4.74 Å². The molecule has 2 aromatic carbocycles. The number of nitrogens with zero attached hydrogens (tertiary/aromatic N) is 2. The highest BCUT2D eigenvalue weighted by molar-refractivity contribution is 7.99. The highest BCUT2D eigenvalue weighted by Gasteiger charge is 2.23. The number of hydrogen-bond acceptors (Lipinski definition) is 5. The van der Waals surface area contributed by atoms with E-state index in [0.717, 1.165) is 22.9 Å². The predicted octanol–water partition coefficient (Wildman–Crippen LogP) is 3.40. The number of amides is 2. The minimum atomic E-state index is -0.153. The molecule has 1 aliphatic heterocycles. The van der Waals surface area contributed by atoms with Gasteiger partial charge in [-0.05, 0) is 30.3 Å². The number of imidazole rings is 1. The lowest BCUT2D eigenvalue weighted by atomic mass is 10.00. The quantitative estimate of drug-likeness (QED) is 0.595. The summed E-state index contributed by atoms with van der Waals surface area (Å²) in [5, 5.41) is 6.70. The van der Waals surface area contributed by atoms with E-state index < -0.39 is 0 Å². The molecule has 8 heteroatoms. The van der Waals surface area contributed by atoms with Gasteiger partial charge in [-0.2, -0.15) is 0 Å². The summed E-state index contributed by atoms with van der Waals surface area (Å²) >= 11 is 1.37. The van der Waals surface area contributed by atoms with E-state index in [-0.39, 0.29) is 23.6 Å². The van der Waals surface area contributed by atoms with Gasteiger partial charge in [0.1, 0.15) is 5.75 Å². The molecule has 2 amide bonds.